The zero-order valence-electron chi connectivity index (χ0n) is 14.5. The molecule has 1 aromatic rings. The van der Waals surface area contributed by atoms with Crippen molar-refractivity contribution in [3.8, 4) is 0 Å². The number of anilines is 1. The minimum atomic E-state index is 0.00633. The van der Waals surface area contributed by atoms with Crippen LogP contribution in [0.1, 0.15) is 50.2 Å². The van der Waals surface area contributed by atoms with E-state index in [-0.39, 0.29) is 17.7 Å². The van der Waals surface area contributed by atoms with Crippen molar-refractivity contribution in [2.45, 2.75) is 52.9 Å². The van der Waals surface area contributed by atoms with E-state index in [9.17, 15) is 9.59 Å². The molecular weight excluding hydrogens is 288 g/mol. The van der Waals surface area contributed by atoms with Crippen LogP contribution in [0, 0.1) is 19.8 Å². The first kappa shape index (κ1) is 17.5. The van der Waals surface area contributed by atoms with Crippen molar-refractivity contribution in [2.24, 2.45) is 5.92 Å². The molecule has 0 radical (unpaired) electrons. The van der Waals surface area contributed by atoms with E-state index in [4.69, 9.17) is 0 Å². The molecule has 0 atom stereocenters. The van der Waals surface area contributed by atoms with E-state index in [1.165, 1.54) is 11.1 Å². The van der Waals surface area contributed by atoms with Crippen LogP contribution >= 0.6 is 0 Å². The van der Waals surface area contributed by atoms with E-state index in [0.717, 1.165) is 31.4 Å². The van der Waals surface area contributed by atoms with Crippen molar-refractivity contribution in [2.75, 3.05) is 18.4 Å². The van der Waals surface area contributed by atoms with Crippen molar-refractivity contribution in [3.63, 3.8) is 0 Å². The van der Waals surface area contributed by atoms with Gasteiger partial charge in [-0.2, -0.15) is 0 Å². The van der Waals surface area contributed by atoms with Gasteiger partial charge in [0.05, 0.1) is 0 Å². The van der Waals surface area contributed by atoms with Gasteiger partial charge in [-0.05, 0) is 56.4 Å². The van der Waals surface area contributed by atoms with Crippen LogP contribution in [0.3, 0.4) is 0 Å². The Balaban J connectivity index is 1.83. The van der Waals surface area contributed by atoms with Crippen molar-refractivity contribution in [1.29, 1.82) is 0 Å². The monoisotopic (exact) mass is 316 g/mol. The normalized spacial score (nSPS) is 15.5. The first-order valence-corrected chi connectivity index (χ1v) is 8.67. The summed E-state index contributed by atoms with van der Waals surface area (Å²) in [6.45, 7) is 7.61. The van der Waals surface area contributed by atoms with Gasteiger partial charge in [0.15, 0.2) is 0 Å². The van der Waals surface area contributed by atoms with E-state index < -0.39 is 0 Å². The Labute approximate surface area is 139 Å². The number of piperidine rings is 1. The topological polar surface area (TPSA) is 49.4 Å². The maximum atomic E-state index is 12.4. The van der Waals surface area contributed by atoms with E-state index in [0.29, 0.717) is 19.5 Å². The highest BCUT2D eigenvalue weighted by Crippen LogP contribution is 2.21. The number of likely N-dealkylation sites (tertiary alicyclic amines) is 1. The molecule has 4 heteroatoms. The Morgan fingerprint density at radius 3 is 2.48 bits per heavy atom. The standard InChI is InChI=1S/C19H28N2O2/c1-4-5-6-18(22)21-11-9-16(10-12-21)19(23)20-17-8-7-14(2)15(3)13-17/h7-8,13,16H,4-6,9-12H2,1-3H3,(H,20,23). The Morgan fingerprint density at radius 1 is 1.17 bits per heavy atom. The maximum Gasteiger partial charge on any atom is 0.227 e. The zero-order valence-corrected chi connectivity index (χ0v) is 14.5. The lowest BCUT2D eigenvalue weighted by Gasteiger charge is -2.31. The number of nitrogens with one attached hydrogen (secondary N) is 1. The second-order valence-corrected chi connectivity index (χ2v) is 6.55. The second kappa shape index (κ2) is 8.14. The molecule has 126 valence electrons. The van der Waals surface area contributed by atoms with Crippen LogP contribution in [0.5, 0.6) is 0 Å². The molecule has 0 saturated carbocycles. The summed E-state index contributed by atoms with van der Waals surface area (Å²) in [6.07, 6.45) is 4.14. The van der Waals surface area contributed by atoms with Gasteiger partial charge in [0.25, 0.3) is 0 Å². The minimum absolute atomic E-state index is 0.00633. The van der Waals surface area contributed by atoms with Gasteiger partial charge in [-0.15, -0.1) is 0 Å². The molecule has 1 aliphatic heterocycles. The summed E-state index contributed by atoms with van der Waals surface area (Å²) in [4.78, 5) is 26.3. The first-order chi connectivity index (χ1) is 11.0. The number of rotatable bonds is 5. The number of hydrogen-bond acceptors (Lipinski definition) is 2. The van der Waals surface area contributed by atoms with Crippen LogP contribution in [0.15, 0.2) is 18.2 Å². The van der Waals surface area contributed by atoms with Crippen molar-refractivity contribution < 1.29 is 9.59 Å². The second-order valence-electron chi connectivity index (χ2n) is 6.55. The lowest BCUT2D eigenvalue weighted by molar-refractivity contribution is -0.134. The van der Waals surface area contributed by atoms with Crippen molar-refractivity contribution in [1.82, 2.24) is 4.90 Å². The molecule has 0 aliphatic carbocycles. The maximum absolute atomic E-state index is 12.4. The van der Waals surface area contributed by atoms with Crippen LogP contribution in [-0.2, 0) is 9.59 Å². The quantitative estimate of drug-likeness (QED) is 0.901. The molecular formula is C19H28N2O2. The molecule has 1 N–H and O–H groups in total. The fourth-order valence-corrected chi connectivity index (χ4v) is 2.94. The van der Waals surface area contributed by atoms with Crippen LogP contribution in [0.25, 0.3) is 0 Å². The summed E-state index contributed by atoms with van der Waals surface area (Å²) in [6, 6.07) is 5.99. The molecule has 1 heterocycles. The smallest absolute Gasteiger partial charge is 0.227 e. The lowest BCUT2D eigenvalue weighted by Crippen LogP contribution is -2.41. The van der Waals surface area contributed by atoms with E-state index >= 15 is 0 Å². The van der Waals surface area contributed by atoms with Gasteiger partial charge in [0.1, 0.15) is 0 Å². The van der Waals surface area contributed by atoms with Crippen LogP contribution in [0.4, 0.5) is 5.69 Å². The molecule has 1 aromatic carbocycles. The van der Waals surface area contributed by atoms with Crippen LogP contribution in [-0.4, -0.2) is 29.8 Å². The third kappa shape index (κ3) is 4.81. The third-order valence-electron chi connectivity index (χ3n) is 4.74. The molecule has 2 rings (SSSR count). The fraction of sp³-hybridized carbons (Fsp3) is 0.579. The Bertz CT molecular complexity index is 560. The van der Waals surface area contributed by atoms with Crippen LogP contribution in [0.2, 0.25) is 0 Å². The predicted octanol–water partition coefficient (Wildman–Crippen LogP) is 3.67. The van der Waals surface area contributed by atoms with Gasteiger partial charge < -0.3 is 10.2 Å². The number of aryl methyl sites for hydroxylation is 2. The summed E-state index contributed by atoms with van der Waals surface area (Å²) in [5.41, 5.74) is 3.26. The van der Waals surface area contributed by atoms with E-state index in [1.54, 1.807) is 0 Å². The molecule has 0 spiro atoms. The Kier molecular flexibility index (Phi) is 6.20. The first-order valence-electron chi connectivity index (χ1n) is 8.67. The van der Waals surface area contributed by atoms with Gasteiger partial charge in [-0.1, -0.05) is 19.4 Å². The number of carbonyl (C=O) groups is 2. The largest absolute Gasteiger partial charge is 0.343 e. The van der Waals surface area contributed by atoms with Gasteiger partial charge in [0, 0.05) is 31.1 Å². The number of unbranched alkanes of at least 4 members (excludes halogenated alkanes) is 1. The third-order valence-corrected chi connectivity index (χ3v) is 4.74. The zero-order chi connectivity index (χ0) is 16.8. The van der Waals surface area contributed by atoms with Gasteiger partial charge in [-0.3, -0.25) is 9.59 Å². The minimum Gasteiger partial charge on any atom is -0.343 e. The molecule has 23 heavy (non-hydrogen) atoms. The van der Waals surface area contributed by atoms with Gasteiger partial charge in [-0.25, -0.2) is 0 Å². The molecule has 1 aliphatic rings. The highest BCUT2D eigenvalue weighted by molar-refractivity contribution is 5.92. The summed E-state index contributed by atoms with van der Waals surface area (Å²) < 4.78 is 0. The highest BCUT2D eigenvalue weighted by atomic mass is 16.2. The summed E-state index contributed by atoms with van der Waals surface area (Å²) >= 11 is 0. The molecule has 0 bridgehead atoms. The lowest BCUT2D eigenvalue weighted by atomic mass is 9.95. The number of amides is 2. The van der Waals surface area contributed by atoms with Crippen LogP contribution < -0.4 is 5.32 Å². The highest BCUT2D eigenvalue weighted by Gasteiger charge is 2.27. The molecule has 1 saturated heterocycles. The molecule has 0 unspecified atom stereocenters. The van der Waals surface area contributed by atoms with Crippen molar-refractivity contribution >= 4 is 17.5 Å². The molecule has 2 amide bonds. The average Bonchev–Trinajstić information content (AvgIpc) is 2.56. The number of hydrogen-bond donors (Lipinski definition) is 1. The summed E-state index contributed by atoms with van der Waals surface area (Å²) in [7, 11) is 0. The number of benzene rings is 1. The van der Waals surface area contributed by atoms with Gasteiger partial charge in [0.2, 0.25) is 11.8 Å². The Morgan fingerprint density at radius 2 is 1.87 bits per heavy atom. The van der Waals surface area contributed by atoms with Gasteiger partial charge >= 0.3 is 0 Å². The predicted molar refractivity (Wildman–Crippen MR) is 93.4 cm³/mol. The summed E-state index contributed by atoms with van der Waals surface area (Å²) in [5, 5.41) is 3.02. The number of nitrogens with zero attached hydrogens (tertiary/aromatic N) is 1. The van der Waals surface area contributed by atoms with E-state index in [2.05, 4.69) is 19.2 Å². The molecule has 4 nitrogen and oxygen atoms in total. The Hall–Kier alpha value is -1.84. The SMILES string of the molecule is CCCCC(=O)N1CCC(C(=O)Nc2ccc(C)c(C)c2)CC1. The van der Waals surface area contributed by atoms with E-state index in [1.807, 2.05) is 30.0 Å². The molecule has 1 fully saturated rings. The summed E-state index contributed by atoms with van der Waals surface area (Å²) in [5.74, 6) is 0.320. The fourth-order valence-electron chi connectivity index (χ4n) is 2.94. The average molecular weight is 316 g/mol. The molecule has 0 aromatic heterocycles. The van der Waals surface area contributed by atoms with Crippen molar-refractivity contribution in [3.05, 3.63) is 29.3 Å². The number of carbonyl (C=O) groups excluding carboxylic acids is 2.